The lowest BCUT2D eigenvalue weighted by atomic mass is 10.2. The maximum absolute atomic E-state index is 4.54. The highest BCUT2D eigenvalue weighted by atomic mass is 15.2. The van der Waals surface area contributed by atoms with Gasteiger partial charge in [0.1, 0.15) is 0 Å². The number of piperazine rings is 1. The van der Waals surface area contributed by atoms with Crippen molar-refractivity contribution in [1.29, 1.82) is 0 Å². The van der Waals surface area contributed by atoms with Crippen molar-refractivity contribution in [3.05, 3.63) is 36.7 Å². The summed E-state index contributed by atoms with van der Waals surface area (Å²) < 4.78 is 0. The van der Waals surface area contributed by atoms with Crippen LogP contribution in [0.4, 0.5) is 23.3 Å². The van der Waals surface area contributed by atoms with Gasteiger partial charge in [-0.05, 0) is 30.2 Å². The number of aromatic nitrogens is 4. The summed E-state index contributed by atoms with van der Waals surface area (Å²) in [6, 6.07) is 8.37. The third-order valence-corrected chi connectivity index (χ3v) is 4.61. The van der Waals surface area contributed by atoms with E-state index in [0.717, 1.165) is 43.8 Å². The molecule has 1 aliphatic rings. The molecule has 1 saturated heterocycles. The molecule has 146 valence electrons. The highest BCUT2D eigenvalue weighted by Crippen LogP contribution is 2.21. The van der Waals surface area contributed by atoms with Crippen LogP contribution >= 0.6 is 0 Å². The van der Waals surface area contributed by atoms with Crippen LogP contribution < -0.4 is 20.9 Å². The number of hydrogen-bond acceptors (Lipinski definition) is 8. The first-order valence-electron chi connectivity index (χ1n) is 9.74. The Hall–Kier alpha value is -3.00. The standard InChI is InChI=1S/C20H26N8/c1-14(2)11-22-19-23-12-15-13-24-20(27-18(15)26-19)25-16-3-5-17(6-4-16)28-9-7-21-8-10-28/h3-6,12-14,21H,7-11H2,1-2H3,(H2,22,23,24,25,26,27). The Kier molecular flexibility index (Phi) is 5.48. The zero-order chi connectivity index (χ0) is 19.3. The van der Waals surface area contributed by atoms with Gasteiger partial charge in [-0.1, -0.05) is 13.8 Å². The number of nitrogens with one attached hydrogen (secondary N) is 3. The minimum atomic E-state index is 0.520. The van der Waals surface area contributed by atoms with E-state index in [9.17, 15) is 0 Å². The van der Waals surface area contributed by atoms with E-state index in [0.29, 0.717) is 23.5 Å². The predicted octanol–water partition coefficient (Wildman–Crippen LogP) is 2.64. The van der Waals surface area contributed by atoms with Gasteiger partial charge in [-0.3, -0.25) is 0 Å². The fourth-order valence-corrected chi connectivity index (χ4v) is 3.07. The van der Waals surface area contributed by atoms with Gasteiger partial charge in [0.05, 0.1) is 5.39 Å². The third-order valence-electron chi connectivity index (χ3n) is 4.61. The van der Waals surface area contributed by atoms with Crippen molar-refractivity contribution in [2.45, 2.75) is 13.8 Å². The second-order valence-electron chi connectivity index (χ2n) is 7.35. The van der Waals surface area contributed by atoms with Gasteiger partial charge in [0, 0.05) is 56.5 Å². The highest BCUT2D eigenvalue weighted by Gasteiger charge is 2.10. The van der Waals surface area contributed by atoms with E-state index in [2.05, 4.69) is 78.9 Å². The summed E-state index contributed by atoms with van der Waals surface area (Å²) in [6.45, 7) is 9.24. The molecular weight excluding hydrogens is 352 g/mol. The molecule has 0 spiro atoms. The largest absolute Gasteiger partial charge is 0.369 e. The average Bonchev–Trinajstić information content (AvgIpc) is 2.73. The zero-order valence-corrected chi connectivity index (χ0v) is 16.3. The van der Waals surface area contributed by atoms with Gasteiger partial charge < -0.3 is 20.9 Å². The van der Waals surface area contributed by atoms with E-state index in [1.165, 1.54) is 5.69 Å². The Labute approximate surface area is 164 Å². The van der Waals surface area contributed by atoms with Crippen LogP contribution in [0.25, 0.3) is 11.0 Å². The van der Waals surface area contributed by atoms with Crippen LogP contribution in [0, 0.1) is 5.92 Å². The monoisotopic (exact) mass is 378 g/mol. The van der Waals surface area contributed by atoms with Gasteiger partial charge in [0.15, 0.2) is 5.65 Å². The van der Waals surface area contributed by atoms with Crippen molar-refractivity contribution in [2.24, 2.45) is 5.92 Å². The molecule has 0 radical (unpaired) electrons. The molecule has 0 aliphatic carbocycles. The number of fused-ring (bicyclic) bond motifs is 1. The molecule has 0 unspecified atom stereocenters. The van der Waals surface area contributed by atoms with Gasteiger partial charge in [-0.2, -0.15) is 9.97 Å². The number of hydrogen-bond donors (Lipinski definition) is 3. The average molecular weight is 378 g/mol. The van der Waals surface area contributed by atoms with E-state index in [1.807, 2.05) is 0 Å². The molecule has 1 fully saturated rings. The third kappa shape index (κ3) is 4.45. The summed E-state index contributed by atoms with van der Waals surface area (Å²) in [7, 11) is 0. The first-order chi connectivity index (χ1) is 13.7. The molecule has 1 aliphatic heterocycles. The molecule has 0 bridgehead atoms. The number of benzene rings is 1. The summed E-state index contributed by atoms with van der Waals surface area (Å²) in [5.74, 6) is 1.63. The van der Waals surface area contributed by atoms with E-state index < -0.39 is 0 Å². The second kappa shape index (κ2) is 8.35. The molecule has 28 heavy (non-hydrogen) atoms. The molecular formula is C20H26N8. The molecule has 8 heteroatoms. The first kappa shape index (κ1) is 18.4. The molecule has 1 aromatic carbocycles. The van der Waals surface area contributed by atoms with Crippen molar-refractivity contribution in [3.8, 4) is 0 Å². The van der Waals surface area contributed by atoms with E-state index in [-0.39, 0.29) is 0 Å². The van der Waals surface area contributed by atoms with Crippen molar-refractivity contribution in [2.75, 3.05) is 48.3 Å². The predicted molar refractivity (Wildman–Crippen MR) is 113 cm³/mol. The molecule has 3 aromatic rings. The molecule has 2 aromatic heterocycles. The van der Waals surface area contributed by atoms with E-state index >= 15 is 0 Å². The molecule has 0 saturated carbocycles. The van der Waals surface area contributed by atoms with Crippen LogP contribution in [0.1, 0.15) is 13.8 Å². The number of nitrogens with zero attached hydrogens (tertiary/aromatic N) is 5. The minimum Gasteiger partial charge on any atom is -0.369 e. The Morgan fingerprint density at radius 2 is 1.68 bits per heavy atom. The van der Waals surface area contributed by atoms with Crippen molar-refractivity contribution in [1.82, 2.24) is 25.3 Å². The Morgan fingerprint density at radius 3 is 2.39 bits per heavy atom. The molecule has 8 nitrogen and oxygen atoms in total. The lowest BCUT2D eigenvalue weighted by Crippen LogP contribution is -2.43. The van der Waals surface area contributed by atoms with Crippen LogP contribution in [-0.2, 0) is 0 Å². The second-order valence-corrected chi connectivity index (χ2v) is 7.35. The van der Waals surface area contributed by atoms with E-state index in [1.54, 1.807) is 12.4 Å². The molecule has 3 N–H and O–H groups in total. The van der Waals surface area contributed by atoms with Gasteiger partial charge in [-0.25, -0.2) is 9.97 Å². The first-order valence-corrected chi connectivity index (χ1v) is 9.74. The van der Waals surface area contributed by atoms with Gasteiger partial charge in [-0.15, -0.1) is 0 Å². The smallest absolute Gasteiger partial charge is 0.229 e. The fraction of sp³-hybridized carbons (Fsp3) is 0.400. The lowest BCUT2D eigenvalue weighted by Gasteiger charge is -2.29. The number of anilines is 4. The molecule has 4 rings (SSSR count). The SMILES string of the molecule is CC(C)CNc1ncc2cnc(Nc3ccc(N4CCNCC4)cc3)nc2n1. The normalized spacial score (nSPS) is 14.5. The van der Waals surface area contributed by atoms with Crippen LogP contribution in [0.5, 0.6) is 0 Å². The minimum absolute atomic E-state index is 0.520. The Balaban J connectivity index is 1.47. The van der Waals surface area contributed by atoms with Crippen LogP contribution in [-0.4, -0.2) is 52.7 Å². The van der Waals surface area contributed by atoms with Crippen LogP contribution in [0.3, 0.4) is 0 Å². The van der Waals surface area contributed by atoms with Crippen LogP contribution in [0.15, 0.2) is 36.7 Å². The topological polar surface area (TPSA) is 90.9 Å². The van der Waals surface area contributed by atoms with Gasteiger partial charge >= 0.3 is 0 Å². The summed E-state index contributed by atoms with van der Waals surface area (Å²) in [4.78, 5) is 20.1. The van der Waals surface area contributed by atoms with E-state index in [4.69, 9.17) is 0 Å². The quantitative estimate of drug-likeness (QED) is 0.603. The lowest BCUT2D eigenvalue weighted by molar-refractivity contribution is 0.589. The number of rotatable bonds is 6. The van der Waals surface area contributed by atoms with Crippen molar-refractivity contribution in [3.63, 3.8) is 0 Å². The van der Waals surface area contributed by atoms with Crippen molar-refractivity contribution < 1.29 is 0 Å². The maximum atomic E-state index is 4.54. The maximum Gasteiger partial charge on any atom is 0.229 e. The van der Waals surface area contributed by atoms with Crippen LogP contribution in [0.2, 0.25) is 0 Å². The van der Waals surface area contributed by atoms with Crippen molar-refractivity contribution >= 4 is 34.3 Å². The summed E-state index contributed by atoms with van der Waals surface area (Å²) in [6.07, 6.45) is 3.49. The zero-order valence-electron chi connectivity index (χ0n) is 16.3. The summed E-state index contributed by atoms with van der Waals surface area (Å²) in [5, 5.41) is 10.7. The summed E-state index contributed by atoms with van der Waals surface area (Å²) in [5.41, 5.74) is 2.81. The fourth-order valence-electron chi connectivity index (χ4n) is 3.07. The molecule has 3 heterocycles. The van der Waals surface area contributed by atoms with Gasteiger partial charge in [0.2, 0.25) is 11.9 Å². The summed E-state index contributed by atoms with van der Waals surface area (Å²) >= 11 is 0. The Bertz CT molecular complexity index is 919. The Morgan fingerprint density at radius 1 is 1.00 bits per heavy atom. The molecule has 0 atom stereocenters. The van der Waals surface area contributed by atoms with Gasteiger partial charge in [0.25, 0.3) is 0 Å². The highest BCUT2D eigenvalue weighted by molar-refractivity contribution is 5.75. The molecule has 0 amide bonds.